The van der Waals surface area contributed by atoms with Gasteiger partial charge in [0.1, 0.15) is 5.75 Å². The van der Waals surface area contributed by atoms with Crippen molar-refractivity contribution in [1.29, 1.82) is 0 Å². The van der Waals surface area contributed by atoms with Gasteiger partial charge in [-0.3, -0.25) is 0 Å². The van der Waals surface area contributed by atoms with Gasteiger partial charge in [-0.15, -0.1) is 0 Å². The van der Waals surface area contributed by atoms with Crippen LogP contribution in [0.4, 0.5) is 13.2 Å². The fourth-order valence-corrected chi connectivity index (χ4v) is 4.04. The number of aryl methyl sites for hydroxylation is 1. The van der Waals surface area contributed by atoms with Crippen molar-refractivity contribution in [2.24, 2.45) is 0 Å². The second kappa shape index (κ2) is 7.99. The first-order valence-electron chi connectivity index (χ1n) is 9.12. The average Bonchev–Trinajstić information content (AvgIpc) is 2.72. The Balaban J connectivity index is 1.96. The van der Waals surface area contributed by atoms with E-state index in [-0.39, 0.29) is 22.5 Å². The summed E-state index contributed by atoms with van der Waals surface area (Å²) in [5, 5.41) is 0.824. The average molecular weight is 426 g/mol. The fourth-order valence-electron chi connectivity index (χ4n) is 3.29. The lowest BCUT2D eigenvalue weighted by Gasteiger charge is -2.15. The van der Waals surface area contributed by atoms with Gasteiger partial charge in [-0.1, -0.05) is 30.3 Å². The second-order valence-electron chi connectivity index (χ2n) is 6.64. The number of para-hydroxylation sites is 1. The number of halogens is 3. The zero-order chi connectivity index (χ0) is 21.3. The van der Waals surface area contributed by atoms with Crippen LogP contribution < -0.4 is 4.74 Å². The molecule has 30 heavy (non-hydrogen) atoms. The maximum Gasteiger partial charge on any atom is 0.446 e. The maximum absolute atomic E-state index is 13.1. The molecule has 0 N–H and O–H groups in total. The summed E-state index contributed by atoms with van der Waals surface area (Å²) < 4.78 is 44.7. The van der Waals surface area contributed by atoms with E-state index in [0.29, 0.717) is 28.1 Å². The summed E-state index contributed by atoms with van der Waals surface area (Å²) in [7, 11) is 1.59. The summed E-state index contributed by atoms with van der Waals surface area (Å²) >= 11 is -0.148. The van der Waals surface area contributed by atoms with Gasteiger partial charge in [0.2, 0.25) is 0 Å². The third-order valence-electron chi connectivity index (χ3n) is 4.65. The molecule has 152 valence electrons. The smallest absolute Gasteiger partial charge is 0.446 e. The molecule has 0 spiro atoms. The first-order chi connectivity index (χ1) is 14.4. The van der Waals surface area contributed by atoms with Crippen molar-refractivity contribution in [1.82, 2.24) is 9.97 Å². The predicted octanol–water partition coefficient (Wildman–Crippen LogP) is 6.89. The summed E-state index contributed by atoms with van der Waals surface area (Å²) in [6.45, 7) is 1.77. The Hall–Kier alpha value is -3.06. The predicted molar refractivity (Wildman–Crippen MR) is 114 cm³/mol. The van der Waals surface area contributed by atoms with E-state index in [1.54, 1.807) is 26.2 Å². The highest BCUT2D eigenvalue weighted by atomic mass is 32.2. The maximum atomic E-state index is 13.1. The Morgan fingerprint density at radius 2 is 1.60 bits per heavy atom. The van der Waals surface area contributed by atoms with Gasteiger partial charge in [0.25, 0.3) is 0 Å². The van der Waals surface area contributed by atoms with Crippen LogP contribution in [-0.4, -0.2) is 22.6 Å². The Kier molecular flexibility index (Phi) is 5.39. The Morgan fingerprint density at radius 1 is 0.867 bits per heavy atom. The molecule has 0 aliphatic heterocycles. The van der Waals surface area contributed by atoms with Crippen molar-refractivity contribution in [3.63, 3.8) is 0 Å². The van der Waals surface area contributed by atoms with Gasteiger partial charge >= 0.3 is 5.51 Å². The van der Waals surface area contributed by atoms with Crippen molar-refractivity contribution >= 4 is 22.7 Å². The van der Waals surface area contributed by atoms with Crippen molar-refractivity contribution in [2.75, 3.05) is 7.11 Å². The SMILES string of the molecule is COc1ccc(-c2nc(-c3c(C)cccc3SC(F)(F)F)nc3ccccc23)cc1. The number of hydrogen-bond donors (Lipinski definition) is 0. The quantitative estimate of drug-likeness (QED) is 0.333. The molecular formula is C23H17F3N2OS. The molecule has 3 aromatic carbocycles. The number of benzene rings is 3. The van der Waals surface area contributed by atoms with E-state index in [1.165, 1.54) is 6.07 Å². The monoisotopic (exact) mass is 426 g/mol. The first-order valence-corrected chi connectivity index (χ1v) is 9.94. The topological polar surface area (TPSA) is 35.0 Å². The van der Waals surface area contributed by atoms with Crippen molar-refractivity contribution in [3.8, 4) is 28.4 Å². The van der Waals surface area contributed by atoms with Gasteiger partial charge in [-0.2, -0.15) is 13.2 Å². The largest absolute Gasteiger partial charge is 0.497 e. The van der Waals surface area contributed by atoms with E-state index in [0.717, 1.165) is 10.9 Å². The molecule has 0 unspecified atom stereocenters. The van der Waals surface area contributed by atoms with E-state index in [9.17, 15) is 13.2 Å². The number of aromatic nitrogens is 2. The van der Waals surface area contributed by atoms with Crippen LogP contribution >= 0.6 is 11.8 Å². The normalized spacial score (nSPS) is 11.6. The molecule has 0 aliphatic rings. The molecule has 0 atom stereocenters. The van der Waals surface area contributed by atoms with Crippen molar-refractivity contribution in [3.05, 3.63) is 72.3 Å². The Labute approximate surface area is 175 Å². The van der Waals surface area contributed by atoms with Crippen LogP contribution in [-0.2, 0) is 0 Å². The van der Waals surface area contributed by atoms with Crippen molar-refractivity contribution < 1.29 is 17.9 Å². The number of ether oxygens (including phenoxy) is 1. The lowest BCUT2D eigenvalue weighted by molar-refractivity contribution is -0.0328. The zero-order valence-electron chi connectivity index (χ0n) is 16.2. The minimum atomic E-state index is -4.40. The summed E-state index contributed by atoms with van der Waals surface area (Å²) in [5.41, 5.74) is -1.18. The summed E-state index contributed by atoms with van der Waals surface area (Å²) in [6, 6.07) is 19.7. The first kappa shape index (κ1) is 20.2. The minimum absolute atomic E-state index is 0.0819. The molecule has 0 amide bonds. The van der Waals surface area contributed by atoms with Crippen LogP contribution in [0.1, 0.15) is 5.56 Å². The number of alkyl halides is 3. The second-order valence-corrected chi connectivity index (χ2v) is 7.74. The van der Waals surface area contributed by atoms with Gasteiger partial charge in [-0.05, 0) is 60.6 Å². The van der Waals surface area contributed by atoms with Crippen LogP contribution in [0.2, 0.25) is 0 Å². The molecule has 0 aliphatic carbocycles. The number of hydrogen-bond acceptors (Lipinski definition) is 4. The molecule has 3 nitrogen and oxygen atoms in total. The van der Waals surface area contributed by atoms with Crippen LogP contribution in [0, 0.1) is 6.92 Å². The van der Waals surface area contributed by atoms with Crippen LogP contribution in [0.15, 0.2) is 71.6 Å². The van der Waals surface area contributed by atoms with Gasteiger partial charge < -0.3 is 4.74 Å². The molecule has 4 rings (SSSR count). The zero-order valence-corrected chi connectivity index (χ0v) is 17.0. The molecule has 0 fully saturated rings. The van der Waals surface area contributed by atoms with E-state index in [2.05, 4.69) is 4.98 Å². The fraction of sp³-hybridized carbons (Fsp3) is 0.130. The molecule has 1 heterocycles. The molecule has 4 aromatic rings. The Morgan fingerprint density at radius 3 is 2.30 bits per heavy atom. The summed E-state index contributed by atoms with van der Waals surface area (Å²) in [6.07, 6.45) is 0. The third-order valence-corrected chi connectivity index (χ3v) is 5.44. The number of fused-ring (bicyclic) bond motifs is 1. The highest BCUT2D eigenvalue weighted by Gasteiger charge is 2.31. The Bertz CT molecular complexity index is 1210. The van der Waals surface area contributed by atoms with Crippen LogP contribution in [0.25, 0.3) is 33.5 Å². The van der Waals surface area contributed by atoms with E-state index < -0.39 is 5.51 Å². The molecule has 0 saturated carbocycles. The van der Waals surface area contributed by atoms with Gasteiger partial charge in [0.05, 0.1) is 18.3 Å². The number of thioether (sulfide) groups is 1. The number of nitrogens with zero attached hydrogens (tertiary/aromatic N) is 2. The lowest BCUT2D eigenvalue weighted by atomic mass is 10.0. The third kappa shape index (κ3) is 4.11. The molecule has 0 radical (unpaired) electrons. The number of rotatable bonds is 4. The van der Waals surface area contributed by atoms with Gasteiger partial charge in [0.15, 0.2) is 5.82 Å². The van der Waals surface area contributed by atoms with Gasteiger partial charge in [-0.25, -0.2) is 9.97 Å². The molecular weight excluding hydrogens is 409 g/mol. The van der Waals surface area contributed by atoms with Crippen LogP contribution in [0.5, 0.6) is 5.75 Å². The minimum Gasteiger partial charge on any atom is -0.497 e. The molecule has 7 heteroatoms. The summed E-state index contributed by atoms with van der Waals surface area (Å²) in [4.78, 5) is 9.40. The molecule has 0 bridgehead atoms. The van der Waals surface area contributed by atoms with Crippen LogP contribution in [0.3, 0.4) is 0 Å². The molecule has 1 aromatic heterocycles. The lowest BCUT2D eigenvalue weighted by Crippen LogP contribution is -2.03. The number of methoxy groups -OCH3 is 1. The van der Waals surface area contributed by atoms with E-state index in [1.807, 2.05) is 48.5 Å². The van der Waals surface area contributed by atoms with E-state index in [4.69, 9.17) is 9.72 Å². The summed E-state index contributed by atoms with van der Waals surface area (Å²) in [5.74, 6) is 0.976. The van der Waals surface area contributed by atoms with Crippen molar-refractivity contribution in [2.45, 2.75) is 17.3 Å². The highest BCUT2D eigenvalue weighted by molar-refractivity contribution is 8.00. The van der Waals surface area contributed by atoms with E-state index >= 15 is 0 Å². The highest BCUT2D eigenvalue weighted by Crippen LogP contribution is 2.43. The standard InChI is InChI=1S/C23H17F3N2OS/c1-14-6-5-9-19(30-23(24,25)26)20(14)22-27-18-8-4-3-7-17(18)21(28-22)15-10-12-16(29-2)13-11-15/h3-13H,1-2H3. The van der Waals surface area contributed by atoms with Gasteiger partial charge in [0, 0.05) is 21.4 Å². The molecule has 0 saturated heterocycles.